The van der Waals surface area contributed by atoms with E-state index < -0.39 is 28.4 Å². The Balaban J connectivity index is 1.17. The summed E-state index contributed by atoms with van der Waals surface area (Å²) in [5, 5.41) is 4.07. The minimum atomic E-state index is -4.19. The van der Waals surface area contributed by atoms with Crippen LogP contribution in [0.3, 0.4) is 0 Å². The summed E-state index contributed by atoms with van der Waals surface area (Å²) in [7, 11) is 0. The van der Waals surface area contributed by atoms with Gasteiger partial charge in [-0.2, -0.15) is 18.2 Å². The molecule has 0 radical (unpaired) electrons. The Morgan fingerprint density at radius 2 is 1.79 bits per heavy atom. The number of benzene rings is 1. The average molecular weight is 499 g/mol. The molecule has 1 spiro atoms. The monoisotopic (exact) mass is 498 g/mol. The number of nitrogens with zero attached hydrogens (tertiary/aromatic N) is 4. The van der Waals surface area contributed by atoms with Gasteiger partial charge in [0.2, 0.25) is 11.8 Å². The van der Waals surface area contributed by atoms with Gasteiger partial charge in [0, 0.05) is 25.2 Å². The minimum Gasteiger partial charge on any atom is -0.338 e. The molecule has 34 heavy (non-hydrogen) atoms. The van der Waals surface area contributed by atoms with Crippen molar-refractivity contribution in [2.45, 2.75) is 68.5 Å². The summed E-state index contributed by atoms with van der Waals surface area (Å²) in [4.78, 5) is 21.0. The Bertz CT molecular complexity index is 1140. The number of aromatic nitrogens is 2. The van der Waals surface area contributed by atoms with Crippen LogP contribution in [0.25, 0.3) is 0 Å². The molecule has 2 saturated heterocycles. The van der Waals surface area contributed by atoms with E-state index in [1.165, 1.54) is 12.1 Å². The van der Waals surface area contributed by atoms with Crippen LogP contribution in [0.5, 0.6) is 0 Å². The number of alkyl halides is 3. The van der Waals surface area contributed by atoms with E-state index in [-0.39, 0.29) is 30.2 Å². The second-order valence-corrected chi connectivity index (χ2v) is 10.8. The summed E-state index contributed by atoms with van der Waals surface area (Å²) in [5.74, 6) is 0.0673. The van der Waals surface area contributed by atoms with Crippen LogP contribution in [-0.4, -0.2) is 40.9 Å². The molecule has 3 aliphatic carbocycles. The number of hydrogen-bond acceptors (Lipinski definition) is 5. The highest BCUT2D eigenvalue weighted by atomic mass is 35.5. The van der Waals surface area contributed by atoms with Crippen molar-refractivity contribution in [3.05, 3.63) is 34.9 Å². The van der Waals surface area contributed by atoms with Crippen molar-refractivity contribution < 1.29 is 26.9 Å². The predicted octanol–water partition coefficient (Wildman–Crippen LogP) is 5.40. The summed E-state index contributed by atoms with van der Waals surface area (Å²) >= 11 is 5.84. The van der Waals surface area contributed by atoms with Crippen LogP contribution >= 0.6 is 11.6 Å². The normalized spacial score (nSPS) is 30.3. The molecule has 3 heterocycles. The standard InChI is InChI=1S/C23H23ClF4N4O2/c24-15-4-3-14(10-16(15)25)32-17(33)2-1-5-22(32)6-8-31(9-7-22)19-29-18(34-30-19)20-11-21(12-20,13-20)23(26,27)28/h3-4,10H,1-2,5-9,11-13H2. The van der Waals surface area contributed by atoms with Crippen LogP contribution in [0.4, 0.5) is 29.2 Å². The van der Waals surface area contributed by atoms with Gasteiger partial charge in [0.05, 0.1) is 21.4 Å². The van der Waals surface area contributed by atoms with Crippen molar-refractivity contribution in [1.82, 2.24) is 10.1 Å². The number of carbonyl (C=O) groups is 1. The molecule has 3 saturated carbocycles. The molecule has 2 bridgehead atoms. The van der Waals surface area contributed by atoms with Gasteiger partial charge in [-0.3, -0.25) is 4.79 Å². The van der Waals surface area contributed by atoms with Crippen molar-refractivity contribution in [3.63, 3.8) is 0 Å². The number of anilines is 2. The molecule has 5 aliphatic rings. The lowest BCUT2D eigenvalue weighted by atomic mass is 9.34. The van der Waals surface area contributed by atoms with Gasteiger partial charge < -0.3 is 14.3 Å². The third-order valence-electron chi connectivity index (χ3n) is 8.40. The number of halogens is 5. The van der Waals surface area contributed by atoms with Gasteiger partial charge in [-0.15, -0.1) is 0 Å². The van der Waals surface area contributed by atoms with Crippen molar-refractivity contribution in [3.8, 4) is 0 Å². The molecule has 0 unspecified atom stereocenters. The van der Waals surface area contributed by atoms with Crippen LogP contribution in [0.2, 0.25) is 5.02 Å². The zero-order chi connectivity index (χ0) is 23.9. The van der Waals surface area contributed by atoms with E-state index in [0.29, 0.717) is 49.9 Å². The third-order valence-corrected chi connectivity index (χ3v) is 8.70. The maximum atomic E-state index is 14.2. The van der Waals surface area contributed by atoms with Crippen molar-refractivity contribution in [2.75, 3.05) is 22.9 Å². The van der Waals surface area contributed by atoms with Gasteiger partial charge in [0.1, 0.15) is 5.82 Å². The first kappa shape index (κ1) is 22.1. The Hall–Kier alpha value is -2.36. The molecule has 182 valence electrons. The zero-order valence-corrected chi connectivity index (χ0v) is 19.1. The van der Waals surface area contributed by atoms with Crippen molar-refractivity contribution in [2.24, 2.45) is 5.41 Å². The molecule has 0 atom stereocenters. The number of piperidine rings is 2. The Morgan fingerprint density at radius 1 is 1.09 bits per heavy atom. The highest BCUT2D eigenvalue weighted by Gasteiger charge is 2.80. The molecule has 5 fully saturated rings. The third kappa shape index (κ3) is 3.03. The Labute approximate surface area is 198 Å². The average Bonchev–Trinajstić information content (AvgIpc) is 3.18. The fourth-order valence-electron chi connectivity index (χ4n) is 6.57. The SMILES string of the molecule is O=C1CCCC2(CCN(c3noc(C45CC(C(F)(F)F)(C4)C5)n3)CC2)N1c1ccc(Cl)c(F)c1. The number of hydrogen-bond donors (Lipinski definition) is 0. The Kier molecular flexibility index (Phi) is 4.61. The van der Waals surface area contributed by atoms with Crippen LogP contribution in [0.15, 0.2) is 22.7 Å². The second kappa shape index (κ2) is 7.08. The quantitative estimate of drug-likeness (QED) is 0.530. The van der Waals surface area contributed by atoms with Gasteiger partial charge in [-0.25, -0.2) is 4.39 Å². The minimum absolute atomic E-state index is 0.00913. The molecule has 11 heteroatoms. The summed E-state index contributed by atoms with van der Waals surface area (Å²) in [5.41, 5.74) is -2.14. The fraction of sp³-hybridized carbons (Fsp3) is 0.609. The molecule has 1 amide bonds. The lowest BCUT2D eigenvalue weighted by Gasteiger charge is -2.68. The molecule has 6 nitrogen and oxygen atoms in total. The van der Waals surface area contributed by atoms with E-state index in [1.807, 2.05) is 4.90 Å². The summed E-state index contributed by atoms with van der Waals surface area (Å²) in [6, 6.07) is 4.44. The Morgan fingerprint density at radius 3 is 2.44 bits per heavy atom. The van der Waals surface area contributed by atoms with Gasteiger partial charge in [-0.05, 0) is 68.3 Å². The first-order chi connectivity index (χ1) is 16.1. The van der Waals surface area contributed by atoms with E-state index in [1.54, 1.807) is 11.0 Å². The summed E-state index contributed by atoms with van der Waals surface area (Å²) in [6.45, 7) is 1.11. The van der Waals surface area contributed by atoms with E-state index in [0.717, 1.165) is 12.8 Å². The van der Waals surface area contributed by atoms with Crippen LogP contribution < -0.4 is 9.80 Å². The molecule has 1 aromatic carbocycles. The van der Waals surface area contributed by atoms with Gasteiger partial charge >= 0.3 is 6.18 Å². The van der Waals surface area contributed by atoms with Crippen molar-refractivity contribution >= 4 is 29.1 Å². The number of rotatable bonds is 3. The van der Waals surface area contributed by atoms with Gasteiger partial charge in [0.15, 0.2) is 0 Å². The van der Waals surface area contributed by atoms with Crippen LogP contribution in [0, 0.1) is 11.2 Å². The second-order valence-electron chi connectivity index (χ2n) is 10.4. The largest absolute Gasteiger partial charge is 0.394 e. The summed E-state index contributed by atoms with van der Waals surface area (Å²) in [6.07, 6.45) is -0.891. The lowest BCUT2D eigenvalue weighted by Crippen LogP contribution is -2.70. The van der Waals surface area contributed by atoms with Crippen LogP contribution in [0.1, 0.15) is 57.3 Å². The molecular weight excluding hydrogens is 476 g/mol. The zero-order valence-electron chi connectivity index (χ0n) is 18.3. The number of carbonyl (C=O) groups excluding carboxylic acids is 1. The summed E-state index contributed by atoms with van der Waals surface area (Å²) < 4.78 is 59.1. The topological polar surface area (TPSA) is 62.5 Å². The first-order valence-electron chi connectivity index (χ1n) is 11.5. The van der Waals surface area contributed by atoms with Crippen LogP contribution in [-0.2, 0) is 10.2 Å². The maximum Gasteiger partial charge on any atom is 0.394 e. The van der Waals surface area contributed by atoms with E-state index >= 15 is 0 Å². The molecule has 2 aromatic rings. The maximum absolute atomic E-state index is 14.2. The molecular formula is C23H23ClF4N4O2. The number of amides is 1. The van der Waals surface area contributed by atoms with Gasteiger partial charge in [-0.1, -0.05) is 11.6 Å². The van der Waals surface area contributed by atoms with E-state index in [4.69, 9.17) is 16.1 Å². The molecule has 2 aliphatic heterocycles. The first-order valence-corrected chi connectivity index (χ1v) is 11.9. The predicted molar refractivity (Wildman–Crippen MR) is 115 cm³/mol. The lowest BCUT2D eigenvalue weighted by molar-refractivity contribution is -0.341. The molecule has 7 rings (SSSR count). The highest BCUT2D eigenvalue weighted by Crippen LogP contribution is 2.78. The smallest absolute Gasteiger partial charge is 0.338 e. The van der Waals surface area contributed by atoms with Gasteiger partial charge in [0.25, 0.3) is 5.95 Å². The highest BCUT2D eigenvalue weighted by molar-refractivity contribution is 6.30. The van der Waals surface area contributed by atoms with E-state index in [9.17, 15) is 22.4 Å². The van der Waals surface area contributed by atoms with E-state index in [2.05, 4.69) is 10.1 Å². The molecule has 0 N–H and O–H groups in total. The van der Waals surface area contributed by atoms with Crippen molar-refractivity contribution in [1.29, 1.82) is 0 Å². The molecule has 1 aromatic heterocycles. The fourth-order valence-corrected chi connectivity index (χ4v) is 6.69.